The van der Waals surface area contributed by atoms with Gasteiger partial charge in [-0.15, -0.1) is 11.3 Å². The highest BCUT2D eigenvalue weighted by molar-refractivity contribution is 7.19. The SMILES string of the molecule is N/C=C\C=C\c1nc2ccccc2s1. The van der Waals surface area contributed by atoms with Gasteiger partial charge in [0.05, 0.1) is 10.2 Å². The molecule has 0 unspecified atom stereocenters. The number of hydrogen-bond donors (Lipinski definition) is 1. The van der Waals surface area contributed by atoms with Crippen molar-refractivity contribution in [2.75, 3.05) is 0 Å². The summed E-state index contributed by atoms with van der Waals surface area (Å²) in [5, 5.41) is 1.00. The zero-order valence-electron chi connectivity index (χ0n) is 7.55. The van der Waals surface area contributed by atoms with Crippen molar-refractivity contribution in [3.05, 3.63) is 47.6 Å². The van der Waals surface area contributed by atoms with Crippen LogP contribution in [-0.2, 0) is 0 Å². The van der Waals surface area contributed by atoms with Crippen molar-refractivity contribution in [2.24, 2.45) is 5.73 Å². The second-order valence-electron chi connectivity index (χ2n) is 2.76. The number of benzene rings is 1. The molecular formula is C11H10N2S. The average Bonchev–Trinajstić information content (AvgIpc) is 2.60. The Hall–Kier alpha value is -1.61. The molecule has 1 heterocycles. The zero-order chi connectivity index (χ0) is 9.80. The van der Waals surface area contributed by atoms with Gasteiger partial charge in [-0.25, -0.2) is 4.98 Å². The molecule has 0 spiro atoms. The van der Waals surface area contributed by atoms with E-state index < -0.39 is 0 Å². The molecule has 0 fully saturated rings. The fourth-order valence-electron chi connectivity index (χ4n) is 1.16. The number of rotatable bonds is 2. The third kappa shape index (κ3) is 1.83. The number of hydrogen-bond acceptors (Lipinski definition) is 3. The molecule has 70 valence electrons. The fourth-order valence-corrected chi connectivity index (χ4v) is 2.04. The van der Waals surface area contributed by atoms with Gasteiger partial charge in [0.25, 0.3) is 0 Å². The first-order valence-corrected chi connectivity index (χ1v) is 5.12. The Labute approximate surface area is 86.4 Å². The number of allylic oxidation sites excluding steroid dienone is 2. The summed E-state index contributed by atoms with van der Waals surface area (Å²) in [5.74, 6) is 0. The van der Waals surface area contributed by atoms with Crippen molar-refractivity contribution in [1.82, 2.24) is 4.98 Å². The zero-order valence-corrected chi connectivity index (χ0v) is 8.37. The number of nitrogens with zero attached hydrogens (tertiary/aromatic N) is 1. The second-order valence-corrected chi connectivity index (χ2v) is 3.83. The van der Waals surface area contributed by atoms with Crippen molar-refractivity contribution in [2.45, 2.75) is 0 Å². The lowest BCUT2D eigenvalue weighted by Gasteiger charge is -1.80. The van der Waals surface area contributed by atoms with Crippen molar-refractivity contribution in [3.8, 4) is 0 Å². The maximum Gasteiger partial charge on any atom is 0.117 e. The van der Waals surface area contributed by atoms with Crippen molar-refractivity contribution in [3.63, 3.8) is 0 Å². The highest BCUT2D eigenvalue weighted by Crippen LogP contribution is 2.22. The molecule has 0 aliphatic rings. The van der Waals surface area contributed by atoms with Gasteiger partial charge in [-0.1, -0.05) is 18.2 Å². The minimum atomic E-state index is 1.00. The number of aromatic nitrogens is 1. The van der Waals surface area contributed by atoms with Gasteiger partial charge in [-0.2, -0.15) is 0 Å². The van der Waals surface area contributed by atoms with Crippen LogP contribution in [0.2, 0.25) is 0 Å². The molecule has 2 nitrogen and oxygen atoms in total. The Morgan fingerprint density at radius 2 is 2.07 bits per heavy atom. The largest absolute Gasteiger partial charge is 0.405 e. The summed E-state index contributed by atoms with van der Waals surface area (Å²) >= 11 is 1.68. The van der Waals surface area contributed by atoms with E-state index in [1.165, 1.54) is 10.9 Å². The first kappa shape index (κ1) is 8.97. The van der Waals surface area contributed by atoms with Gasteiger partial charge in [0, 0.05) is 0 Å². The Balaban J connectivity index is 2.35. The van der Waals surface area contributed by atoms with Gasteiger partial charge in [-0.05, 0) is 30.5 Å². The number of nitrogens with two attached hydrogens (primary N) is 1. The Morgan fingerprint density at radius 3 is 2.86 bits per heavy atom. The predicted molar refractivity (Wildman–Crippen MR) is 62.0 cm³/mol. The summed E-state index contributed by atoms with van der Waals surface area (Å²) in [6.07, 6.45) is 7.13. The van der Waals surface area contributed by atoms with E-state index in [1.54, 1.807) is 17.4 Å². The lowest BCUT2D eigenvalue weighted by atomic mass is 10.3. The van der Waals surface area contributed by atoms with E-state index in [2.05, 4.69) is 11.1 Å². The quantitative estimate of drug-likeness (QED) is 0.760. The van der Waals surface area contributed by atoms with Crippen LogP contribution in [0.3, 0.4) is 0 Å². The van der Waals surface area contributed by atoms with Crippen molar-refractivity contribution in [1.29, 1.82) is 0 Å². The molecule has 14 heavy (non-hydrogen) atoms. The van der Waals surface area contributed by atoms with E-state index in [-0.39, 0.29) is 0 Å². The van der Waals surface area contributed by atoms with Crippen LogP contribution in [0, 0.1) is 0 Å². The molecule has 3 heteroatoms. The Morgan fingerprint density at radius 1 is 1.21 bits per heavy atom. The van der Waals surface area contributed by atoms with Crippen molar-refractivity contribution < 1.29 is 0 Å². The summed E-state index contributed by atoms with van der Waals surface area (Å²) in [7, 11) is 0. The van der Waals surface area contributed by atoms with Crippen LogP contribution in [0.4, 0.5) is 0 Å². The van der Waals surface area contributed by atoms with Gasteiger partial charge < -0.3 is 5.73 Å². The summed E-state index contributed by atoms with van der Waals surface area (Å²) in [4.78, 5) is 4.44. The maximum atomic E-state index is 5.22. The first-order chi connectivity index (χ1) is 6.90. The molecule has 1 aromatic heterocycles. The molecular weight excluding hydrogens is 192 g/mol. The molecule has 0 bridgehead atoms. The molecule has 2 aromatic rings. The monoisotopic (exact) mass is 202 g/mol. The first-order valence-electron chi connectivity index (χ1n) is 4.30. The summed E-state index contributed by atoms with van der Waals surface area (Å²) in [6, 6.07) is 8.11. The lowest BCUT2D eigenvalue weighted by Crippen LogP contribution is -1.72. The number of thiazole rings is 1. The molecule has 0 amide bonds. The number of fused-ring (bicyclic) bond motifs is 1. The average molecular weight is 202 g/mol. The Bertz CT molecular complexity index is 450. The molecule has 2 N–H and O–H groups in total. The van der Waals surface area contributed by atoms with Gasteiger partial charge in [0.2, 0.25) is 0 Å². The molecule has 2 rings (SSSR count). The summed E-state index contributed by atoms with van der Waals surface area (Å²) < 4.78 is 1.21. The lowest BCUT2D eigenvalue weighted by molar-refractivity contribution is 1.46. The molecule has 0 atom stereocenters. The van der Waals surface area contributed by atoms with Crippen LogP contribution >= 0.6 is 11.3 Å². The highest BCUT2D eigenvalue weighted by Gasteiger charge is 1.97. The van der Waals surface area contributed by atoms with Gasteiger partial charge in [0.1, 0.15) is 5.01 Å². The van der Waals surface area contributed by atoms with Crippen LogP contribution in [0.1, 0.15) is 5.01 Å². The summed E-state index contributed by atoms with van der Waals surface area (Å²) in [5.41, 5.74) is 6.27. The van der Waals surface area contributed by atoms with Crippen LogP contribution in [0.5, 0.6) is 0 Å². The number of para-hydroxylation sites is 1. The van der Waals surface area contributed by atoms with E-state index in [4.69, 9.17) is 5.73 Å². The van der Waals surface area contributed by atoms with E-state index in [9.17, 15) is 0 Å². The van der Waals surface area contributed by atoms with Gasteiger partial charge >= 0.3 is 0 Å². The van der Waals surface area contributed by atoms with Crippen LogP contribution in [0.15, 0.2) is 42.6 Å². The Kier molecular flexibility index (Phi) is 2.60. The van der Waals surface area contributed by atoms with E-state index in [0.717, 1.165) is 10.5 Å². The fraction of sp³-hybridized carbons (Fsp3) is 0. The molecule has 0 radical (unpaired) electrons. The van der Waals surface area contributed by atoms with Crippen LogP contribution in [-0.4, -0.2) is 4.98 Å². The third-order valence-corrected chi connectivity index (χ3v) is 2.77. The van der Waals surface area contributed by atoms with E-state index in [1.807, 2.05) is 30.4 Å². The molecule has 0 saturated carbocycles. The maximum absolute atomic E-state index is 5.22. The van der Waals surface area contributed by atoms with Crippen molar-refractivity contribution >= 4 is 27.6 Å². The predicted octanol–water partition coefficient (Wildman–Crippen LogP) is 2.78. The molecule has 0 aliphatic carbocycles. The minimum absolute atomic E-state index is 1.00. The van der Waals surface area contributed by atoms with Crippen LogP contribution < -0.4 is 5.73 Å². The smallest absolute Gasteiger partial charge is 0.117 e. The van der Waals surface area contributed by atoms with E-state index in [0.29, 0.717) is 0 Å². The molecule has 1 aromatic carbocycles. The molecule has 0 saturated heterocycles. The molecule has 0 aliphatic heterocycles. The van der Waals surface area contributed by atoms with Gasteiger partial charge in [0.15, 0.2) is 0 Å². The van der Waals surface area contributed by atoms with E-state index >= 15 is 0 Å². The topological polar surface area (TPSA) is 38.9 Å². The van der Waals surface area contributed by atoms with Gasteiger partial charge in [-0.3, -0.25) is 0 Å². The summed E-state index contributed by atoms with van der Waals surface area (Å²) in [6.45, 7) is 0. The standard InChI is InChI=1S/C11H10N2S/c12-8-4-3-7-11-13-9-5-1-2-6-10(9)14-11/h1-8H,12H2/b7-3+,8-4-. The minimum Gasteiger partial charge on any atom is -0.405 e. The second kappa shape index (κ2) is 4.07. The normalized spacial score (nSPS) is 12.0. The third-order valence-electron chi connectivity index (χ3n) is 1.77. The van der Waals surface area contributed by atoms with Crippen LogP contribution in [0.25, 0.3) is 16.3 Å². The highest BCUT2D eigenvalue weighted by atomic mass is 32.1.